The van der Waals surface area contributed by atoms with Crippen molar-refractivity contribution >= 4 is 5.82 Å². The monoisotopic (exact) mass is 181 g/mol. The number of nitrogens with one attached hydrogen (secondary N) is 1. The molecule has 0 aromatic carbocycles. The summed E-state index contributed by atoms with van der Waals surface area (Å²) in [5.74, 6) is -0.184. The van der Waals surface area contributed by atoms with Crippen LogP contribution in [-0.2, 0) is 0 Å². The first-order valence-electron chi connectivity index (χ1n) is 4.01. The van der Waals surface area contributed by atoms with Crippen LogP contribution in [0.5, 0.6) is 0 Å². The molecule has 1 aromatic heterocycles. The molecule has 0 saturated heterocycles. The van der Waals surface area contributed by atoms with Gasteiger partial charge in [0.1, 0.15) is 6.33 Å². The van der Waals surface area contributed by atoms with Gasteiger partial charge in [-0.1, -0.05) is 6.08 Å². The Morgan fingerprint density at radius 2 is 2.31 bits per heavy atom. The minimum Gasteiger partial charge on any atom is -0.362 e. The second kappa shape index (κ2) is 3.98. The van der Waals surface area contributed by atoms with Crippen molar-refractivity contribution in [3.05, 3.63) is 30.5 Å². The Kier molecular flexibility index (Phi) is 2.95. The van der Waals surface area contributed by atoms with Gasteiger partial charge in [-0.3, -0.25) is 0 Å². The molecule has 70 valence electrons. The lowest BCUT2D eigenvalue weighted by Crippen LogP contribution is -2.14. The van der Waals surface area contributed by atoms with Gasteiger partial charge in [-0.25, -0.2) is 14.4 Å². The third kappa shape index (κ3) is 2.24. The van der Waals surface area contributed by atoms with Crippen molar-refractivity contribution in [1.82, 2.24) is 9.97 Å². The molecular formula is C9H12FN3. The molecule has 3 nitrogen and oxygen atoms in total. The lowest BCUT2D eigenvalue weighted by atomic mass is 10.3. The summed E-state index contributed by atoms with van der Waals surface area (Å²) in [6.45, 7) is 7.04. The van der Waals surface area contributed by atoms with E-state index in [1.54, 1.807) is 13.0 Å². The molecule has 1 N–H and O–H groups in total. The molecular weight excluding hydrogens is 169 g/mol. The summed E-state index contributed by atoms with van der Waals surface area (Å²) >= 11 is 0. The van der Waals surface area contributed by atoms with Crippen LogP contribution in [0.4, 0.5) is 10.2 Å². The molecule has 0 radical (unpaired) electrons. The lowest BCUT2D eigenvalue weighted by molar-refractivity contribution is 0.603. The third-order valence-corrected chi connectivity index (χ3v) is 1.68. The summed E-state index contributed by atoms with van der Waals surface area (Å²) in [4.78, 5) is 7.50. The van der Waals surface area contributed by atoms with E-state index in [1.807, 2.05) is 6.92 Å². The summed E-state index contributed by atoms with van der Waals surface area (Å²) in [6, 6.07) is -0.0104. The van der Waals surface area contributed by atoms with Gasteiger partial charge in [-0.15, -0.1) is 6.58 Å². The van der Waals surface area contributed by atoms with Crippen molar-refractivity contribution in [2.75, 3.05) is 5.32 Å². The van der Waals surface area contributed by atoms with Gasteiger partial charge in [0, 0.05) is 6.04 Å². The number of halogens is 1. The maximum Gasteiger partial charge on any atom is 0.186 e. The molecule has 1 rings (SSSR count). The van der Waals surface area contributed by atoms with Crippen LogP contribution in [0, 0.1) is 12.7 Å². The van der Waals surface area contributed by atoms with E-state index < -0.39 is 5.82 Å². The van der Waals surface area contributed by atoms with Crippen molar-refractivity contribution in [2.45, 2.75) is 19.9 Å². The van der Waals surface area contributed by atoms with E-state index in [2.05, 4.69) is 21.9 Å². The Morgan fingerprint density at radius 3 is 2.92 bits per heavy atom. The quantitative estimate of drug-likeness (QED) is 0.724. The zero-order chi connectivity index (χ0) is 9.84. The molecule has 13 heavy (non-hydrogen) atoms. The first kappa shape index (κ1) is 9.64. The second-order valence-electron chi connectivity index (χ2n) is 2.79. The molecule has 0 amide bonds. The highest BCUT2D eigenvalue weighted by Crippen LogP contribution is 2.12. The molecule has 1 heterocycles. The lowest BCUT2D eigenvalue weighted by Gasteiger charge is -2.10. The molecule has 0 spiro atoms. The Balaban J connectivity index is 2.88. The third-order valence-electron chi connectivity index (χ3n) is 1.68. The van der Waals surface area contributed by atoms with Gasteiger partial charge in [0.25, 0.3) is 0 Å². The summed E-state index contributed by atoms with van der Waals surface area (Å²) in [5.41, 5.74) is 0.341. The first-order valence-corrected chi connectivity index (χ1v) is 4.01. The van der Waals surface area contributed by atoms with Gasteiger partial charge >= 0.3 is 0 Å². The molecule has 0 aliphatic carbocycles. The molecule has 1 aromatic rings. The van der Waals surface area contributed by atoms with Gasteiger partial charge in [-0.2, -0.15) is 0 Å². The Bertz CT molecular complexity index is 312. The minimum absolute atomic E-state index is 0.0104. The summed E-state index contributed by atoms with van der Waals surface area (Å²) in [7, 11) is 0. The standard InChI is InChI=1S/C9H12FN3/c1-4-6(2)13-9-8(10)7(3)11-5-12-9/h4-6H,1H2,2-3H3,(H,11,12,13). The fourth-order valence-electron chi connectivity index (χ4n) is 0.833. The number of hydrogen-bond donors (Lipinski definition) is 1. The highest BCUT2D eigenvalue weighted by atomic mass is 19.1. The molecule has 0 aliphatic heterocycles. The Labute approximate surface area is 76.7 Å². The number of anilines is 1. The predicted octanol–water partition coefficient (Wildman–Crippen LogP) is 1.91. The maximum absolute atomic E-state index is 13.3. The summed E-state index contributed by atoms with van der Waals surface area (Å²) < 4.78 is 13.3. The van der Waals surface area contributed by atoms with E-state index in [1.165, 1.54) is 6.33 Å². The van der Waals surface area contributed by atoms with Gasteiger partial charge in [0.2, 0.25) is 0 Å². The number of rotatable bonds is 3. The largest absolute Gasteiger partial charge is 0.362 e. The maximum atomic E-state index is 13.3. The van der Waals surface area contributed by atoms with E-state index in [0.717, 1.165) is 0 Å². The van der Waals surface area contributed by atoms with Crippen LogP contribution in [-0.4, -0.2) is 16.0 Å². The van der Waals surface area contributed by atoms with Crippen LogP contribution in [0.1, 0.15) is 12.6 Å². The fourth-order valence-corrected chi connectivity index (χ4v) is 0.833. The first-order chi connectivity index (χ1) is 6.15. The van der Waals surface area contributed by atoms with Gasteiger partial charge in [-0.05, 0) is 13.8 Å². The number of hydrogen-bond acceptors (Lipinski definition) is 3. The average molecular weight is 181 g/mol. The molecule has 0 fully saturated rings. The van der Waals surface area contributed by atoms with E-state index >= 15 is 0 Å². The van der Waals surface area contributed by atoms with Crippen LogP contribution in [0.2, 0.25) is 0 Å². The van der Waals surface area contributed by atoms with Crippen LogP contribution in [0.25, 0.3) is 0 Å². The zero-order valence-electron chi connectivity index (χ0n) is 7.71. The smallest absolute Gasteiger partial charge is 0.186 e. The average Bonchev–Trinajstić information content (AvgIpc) is 2.13. The van der Waals surface area contributed by atoms with Crippen LogP contribution in [0.3, 0.4) is 0 Å². The molecule has 0 aliphatic rings. The highest BCUT2D eigenvalue weighted by Gasteiger charge is 2.07. The van der Waals surface area contributed by atoms with E-state index in [4.69, 9.17) is 0 Å². The SMILES string of the molecule is C=CC(C)Nc1ncnc(C)c1F. The molecule has 0 bridgehead atoms. The van der Waals surface area contributed by atoms with E-state index in [-0.39, 0.29) is 11.9 Å². The van der Waals surface area contributed by atoms with Gasteiger partial charge in [0.15, 0.2) is 11.6 Å². The predicted molar refractivity (Wildman–Crippen MR) is 50.0 cm³/mol. The summed E-state index contributed by atoms with van der Waals surface area (Å²) in [6.07, 6.45) is 3.01. The van der Waals surface area contributed by atoms with Gasteiger partial charge < -0.3 is 5.32 Å². The molecule has 4 heteroatoms. The Hall–Kier alpha value is -1.45. The molecule has 1 atom stereocenters. The number of aromatic nitrogens is 2. The molecule has 1 unspecified atom stereocenters. The van der Waals surface area contributed by atoms with Crippen LogP contribution >= 0.6 is 0 Å². The fraction of sp³-hybridized carbons (Fsp3) is 0.333. The highest BCUT2D eigenvalue weighted by molar-refractivity contribution is 5.38. The van der Waals surface area contributed by atoms with Crippen LogP contribution < -0.4 is 5.32 Å². The zero-order valence-corrected chi connectivity index (χ0v) is 7.71. The van der Waals surface area contributed by atoms with Crippen molar-refractivity contribution in [3.63, 3.8) is 0 Å². The van der Waals surface area contributed by atoms with Crippen LogP contribution in [0.15, 0.2) is 19.0 Å². The number of aryl methyl sites for hydroxylation is 1. The minimum atomic E-state index is -0.406. The second-order valence-corrected chi connectivity index (χ2v) is 2.79. The van der Waals surface area contributed by atoms with Gasteiger partial charge in [0.05, 0.1) is 5.69 Å². The van der Waals surface area contributed by atoms with Crippen molar-refractivity contribution in [1.29, 1.82) is 0 Å². The topological polar surface area (TPSA) is 37.8 Å². The molecule has 0 saturated carbocycles. The van der Waals surface area contributed by atoms with E-state index in [9.17, 15) is 4.39 Å². The number of nitrogens with zero attached hydrogens (tertiary/aromatic N) is 2. The van der Waals surface area contributed by atoms with E-state index in [0.29, 0.717) is 5.69 Å². The normalized spacial score (nSPS) is 12.2. The van der Waals surface area contributed by atoms with Crippen molar-refractivity contribution in [3.8, 4) is 0 Å². The van der Waals surface area contributed by atoms with Crippen molar-refractivity contribution in [2.24, 2.45) is 0 Å². The Morgan fingerprint density at radius 1 is 1.62 bits per heavy atom. The summed E-state index contributed by atoms with van der Waals surface area (Å²) in [5, 5.41) is 2.86. The van der Waals surface area contributed by atoms with Crippen molar-refractivity contribution < 1.29 is 4.39 Å².